The van der Waals surface area contributed by atoms with Crippen LogP contribution in [0.4, 0.5) is 18.9 Å². The van der Waals surface area contributed by atoms with Crippen molar-refractivity contribution >= 4 is 29.1 Å². The van der Waals surface area contributed by atoms with Gasteiger partial charge in [0.15, 0.2) is 0 Å². The summed E-state index contributed by atoms with van der Waals surface area (Å²) in [7, 11) is 0. The predicted octanol–water partition coefficient (Wildman–Crippen LogP) is 2.43. The zero-order valence-corrected chi connectivity index (χ0v) is 10.5. The highest BCUT2D eigenvalue weighted by Gasteiger charge is 2.31. The highest BCUT2D eigenvalue weighted by Crippen LogP contribution is 2.33. The number of amides is 2. The number of likely N-dealkylation sites (N-methyl/N-ethyl adjacent to an activating group) is 1. The predicted molar refractivity (Wildman–Crippen MR) is 63.8 cm³/mol. The summed E-state index contributed by atoms with van der Waals surface area (Å²) in [5.74, 6) is -2.03. The van der Waals surface area contributed by atoms with Gasteiger partial charge in [-0.15, -0.1) is 0 Å². The molecule has 2 amide bonds. The van der Waals surface area contributed by atoms with Crippen molar-refractivity contribution in [3.05, 3.63) is 28.8 Å². The molecule has 2 N–H and O–H groups in total. The molecule has 19 heavy (non-hydrogen) atoms. The van der Waals surface area contributed by atoms with E-state index in [4.69, 9.17) is 11.6 Å². The third kappa shape index (κ3) is 4.13. The van der Waals surface area contributed by atoms with E-state index in [-0.39, 0.29) is 17.3 Å². The van der Waals surface area contributed by atoms with Crippen LogP contribution in [0.3, 0.4) is 0 Å². The minimum Gasteiger partial charge on any atom is -0.348 e. The maximum absolute atomic E-state index is 12.5. The van der Waals surface area contributed by atoms with Gasteiger partial charge in [-0.1, -0.05) is 11.6 Å². The average molecular weight is 295 g/mol. The van der Waals surface area contributed by atoms with Crippen LogP contribution in [0.1, 0.15) is 12.5 Å². The molecule has 1 aromatic carbocycles. The third-order valence-electron chi connectivity index (χ3n) is 2.09. The fourth-order valence-corrected chi connectivity index (χ4v) is 1.38. The van der Waals surface area contributed by atoms with Gasteiger partial charge in [-0.25, -0.2) is 0 Å². The van der Waals surface area contributed by atoms with Gasteiger partial charge in [-0.3, -0.25) is 9.59 Å². The second-order valence-electron chi connectivity index (χ2n) is 3.51. The summed E-state index contributed by atoms with van der Waals surface area (Å²) in [6.07, 6.45) is -4.56. The molecule has 0 heterocycles. The first kappa shape index (κ1) is 15.3. The Bertz CT molecular complexity index is 503. The van der Waals surface area contributed by atoms with Gasteiger partial charge < -0.3 is 10.6 Å². The maximum Gasteiger partial charge on any atom is 0.416 e. The van der Waals surface area contributed by atoms with E-state index >= 15 is 0 Å². The van der Waals surface area contributed by atoms with Crippen molar-refractivity contribution in [1.82, 2.24) is 5.32 Å². The highest BCUT2D eigenvalue weighted by atomic mass is 35.5. The molecule has 0 aromatic heterocycles. The van der Waals surface area contributed by atoms with E-state index in [0.29, 0.717) is 6.07 Å². The molecule has 0 spiro atoms. The molecule has 0 aliphatic carbocycles. The van der Waals surface area contributed by atoms with E-state index in [1.165, 1.54) is 0 Å². The van der Waals surface area contributed by atoms with Gasteiger partial charge in [0, 0.05) is 6.54 Å². The van der Waals surface area contributed by atoms with Crippen molar-refractivity contribution < 1.29 is 22.8 Å². The normalized spacial score (nSPS) is 11.0. The van der Waals surface area contributed by atoms with Crippen molar-refractivity contribution in [1.29, 1.82) is 0 Å². The molecule has 4 nitrogen and oxygen atoms in total. The Labute approximate surface area is 111 Å². The number of hydrogen-bond acceptors (Lipinski definition) is 2. The minimum absolute atomic E-state index is 0.0920. The van der Waals surface area contributed by atoms with Gasteiger partial charge in [0.05, 0.1) is 16.3 Å². The number of rotatable bonds is 2. The Morgan fingerprint density at radius 1 is 1.26 bits per heavy atom. The SMILES string of the molecule is CCNC(=O)C(=O)Nc1cc(C(F)(F)F)ccc1Cl. The smallest absolute Gasteiger partial charge is 0.348 e. The Morgan fingerprint density at radius 2 is 1.89 bits per heavy atom. The molecule has 0 atom stereocenters. The molecule has 104 valence electrons. The second-order valence-corrected chi connectivity index (χ2v) is 3.91. The van der Waals surface area contributed by atoms with Crippen LogP contribution < -0.4 is 10.6 Å². The summed E-state index contributed by atoms with van der Waals surface area (Å²) in [6.45, 7) is 1.82. The molecule has 1 rings (SSSR count). The van der Waals surface area contributed by atoms with E-state index in [0.717, 1.165) is 12.1 Å². The highest BCUT2D eigenvalue weighted by molar-refractivity contribution is 6.41. The Hall–Kier alpha value is -1.76. The number of anilines is 1. The molecular weight excluding hydrogens is 285 g/mol. The number of hydrogen-bond donors (Lipinski definition) is 2. The van der Waals surface area contributed by atoms with Crippen molar-refractivity contribution in [2.24, 2.45) is 0 Å². The van der Waals surface area contributed by atoms with Gasteiger partial charge in [0.2, 0.25) is 0 Å². The third-order valence-corrected chi connectivity index (χ3v) is 2.42. The summed E-state index contributed by atoms with van der Waals surface area (Å²) >= 11 is 5.66. The summed E-state index contributed by atoms with van der Waals surface area (Å²) < 4.78 is 37.4. The van der Waals surface area contributed by atoms with Gasteiger partial charge in [0.1, 0.15) is 0 Å². The molecule has 0 radical (unpaired) electrons. The number of alkyl halides is 3. The summed E-state index contributed by atoms with van der Waals surface area (Å²) in [5.41, 5.74) is -1.24. The van der Waals surface area contributed by atoms with Crippen LogP contribution in [0.25, 0.3) is 0 Å². The van der Waals surface area contributed by atoms with Crippen LogP contribution >= 0.6 is 11.6 Å². The lowest BCUT2D eigenvalue weighted by Crippen LogP contribution is -2.35. The fourth-order valence-electron chi connectivity index (χ4n) is 1.22. The van der Waals surface area contributed by atoms with Crippen molar-refractivity contribution in [3.63, 3.8) is 0 Å². The Kier molecular flexibility index (Phi) is 4.77. The van der Waals surface area contributed by atoms with Crippen LogP contribution in [-0.4, -0.2) is 18.4 Å². The topological polar surface area (TPSA) is 58.2 Å². The molecule has 0 aliphatic heterocycles. The van der Waals surface area contributed by atoms with E-state index in [1.807, 2.05) is 5.32 Å². The lowest BCUT2D eigenvalue weighted by molar-refractivity contribution is -0.137. The zero-order valence-electron chi connectivity index (χ0n) is 9.77. The summed E-state index contributed by atoms with van der Waals surface area (Å²) in [6, 6.07) is 2.45. The number of nitrogens with one attached hydrogen (secondary N) is 2. The lowest BCUT2D eigenvalue weighted by atomic mass is 10.2. The molecular formula is C11H10ClF3N2O2. The van der Waals surface area contributed by atoms with E-state index in [2.05, 4.69) is 5.32 Å². The molecule has 8 heteroatoms. The lowest BCUT2D eigenvalue weighted by Gasteiger charge is -2.11. The van der Waals surface area contributed by atoms with Gasteiger partial charge in [-0.05, 0) is 25.1 Å². The quantitative estimate of drug-likeness (QED) is 0.823. The fraction of sp³-hybridized carbons (Fsp3) is 0.273. The maximum atomic E-state index is 12.5. The van der Waals surface area contributed by atoms with Gasteiger partial charge in [-0.2, -0.15) is 13.2 Å². The van der Waals surface area contributed by atoms with Gasteiger partial charge >= 0.3 is 18.0 Å². The van der Waals surface area contributed by atoms with Crippen LogP contribution in [0.2, 0.25) is 5.02 Å². The van der Waals surface area contributed by atoms with E-state index in [9.17, 15) is 22.8 Å². The summed E-state index contributed by atoms with van der Waals surface area (Å²) in [5, 5.41) is 4.15. The molecule has 0 aliphatic rings. The molecule has 0 fully saturated rings. The number of carbonyl (C=O) groups excluding carboxylic acids is 2. The first-order valence-electron chi connectivity index (χ1n) is 5.21. The van der Waals surface area contributed by atoms with Crippen LogP contribution in [-0.2, 0) is 15.8 Å². The minimum atomic E-state index is -4.56. The second kappa shape index (κ2) is 5.92. The van der Waals surface area contributed by atoms with Crippen LogP contribution in [0.5, 0.6) is 0 Å². The van der Waals surface area contributed by atoms with Crippen molar-refractivity contribution in [3.8, 4) is 0 Å². The molecule has 0 saturated heterocycles. The first-order valence-corrected chi connectivity index (χ1v) is 5.59. The standard InChI is InChI=1S/C11H10ClF3N2O2/c1-2-16-9(18)10(19)17-8-5-6(11(13,14)15)3-4-7(8)12/h3-5H,2H2,1H3,(H,16,18)(H,17,19). The van der Waals surface area contributed by atoms with Gasteiger partial charge in [0.25, 0.3) is 0 Å². The molecule has 0 bridgehead atoms. The average Bonchev–Trinajstić information content (AvgIpc) is 2.30. The Balaban J connectivity index is 2.95. The first-order chi connectivity index (χ1) is 8.75. The van der Waals surface area contributed by atoms with Crippen molar-refractivity contribution in [2.75, 3.05) is 11.9 Å². The summed E-state index contributed by atoms with van der Waals surface area (Å²) in [4.78, 5) is 22.5. The van der Waals surface area contributed by atoms with E-state index in [1.54, 1.807) is 6.92 Å². The largest absolute Gasteiger partial charge is 0.416 e. The zero-order chi connectivity index (χ0) is 14.6. The van der Waals surface area contributed by atoms with E-state index < -0.39 is 23.6 Å². The van der Waals surface area contributed by atoms with Crippen LogP contribution in [0.15, 0.2) is 18.2 Å². The number of carbonyl (C=O) groups is 2. The number of benzene rings is 1. The molecule has 0 saturated carbocycles. The Morgan fingerprint density at radius 3 is 2.42 bits per heavy atom. The monoisotopic (exact) mass is 294 g/mol. The van der Waals surface area contributed by atoms with Crippen molar-refractivity contribution in [2.45, 2.75) is 13.1 Å². The van der Waals surface area contributed by atoms with Crippen LogP contribution in [0, 0.1) is 0 Å². The number of halogens is 4. The molecule has 0 unspecified atom stereocenters. The molecule has 1 aromatic rings.